The molecule has 0 unspecified atom stereocenters. The molecule has 7 nitrogen and oxygen atoms in total. The summed E-state index contributed by atoms with van der Waals surface area (Å²) in [4.78, 5) is 25.5. The van der Waals surface area contributed by atoms with Crippen LogP contribution >= 0.6 is 0 Å². The summed E-state index contributed by atoms with van der Waals surface area (Å²) in [5, 5.41) is 2.75. The Kier molecular flexibility index (Phi) is 5.82. The largest absolute Gasteiger partial charge is 0.482 e. The lowest BCUT2D eigenvalue weighted by Gasteiger charge is -2.29. The van der Waals surface area contributed by atoms with Gasteiger partial charge in [0.05, 0.1) is 16.3 Å². The quantitative estimate of drug-likeness (QED) is 0.741. The number of unbranched alkanes of at least 4 members (excludes halogenated alkanes) is 1. The molecule has 1 heterocycles. The van der Waals surface area contributed by atoms with Crippen LogP contribution in [-0.2, 0) is 19.4 Å². The number of hydrogen-bond acceptors (Lipinski definition) is 5. The third kappa shape index (κ3) is 4.05. The number of carbonyl (C=O) groups is 2. The summed E-state index contributed by atoms with van der Waals surface area (Å²) in [6, 6.07) is 4.36. The number of amides is 2. The number of anilines is 1. The highest BCUT2D eigenvalue weighted by Crippen LogP contribution is 2.34. The van der Waals surface area contributed by atoms with E-state index in [0.29, 0.717) is 18.0 Å². The molecule has 0 atom stereocenters. The summed E-state index contributed by atoms with van der Waals surface area (Å²) in [6.07, 6.45) is 1.82. The van der Waals surface area contributed by atoms with Crippen LogP contribution in [0, 0.1) is 0 Å². The van der Waals surface area contributed by atoms with Crippen LogP contribution in [0.4, 0.5) is 5.69 Å². The van der Waals surface area contributed by atoms with Crippen LogP contribution in [0.25, 0.3) is 0 Å². The van der Waals surface area contributed by atoms with Gasteiger partial charge in [-0.1, -0.05) is 20.3 Å². The highest BCUT2D eigenvalue weighted by Gasteiger charge is 2.28. The molecule has 1 aliphatic rings. The maximum atomic E-state index is 12.1. The lowest BCUT2D eigenvalue weighted by molar-refractivity contribution is -0.125. The van der Waals surface area contributed by atoms with Crippen molar-refractivity contribution in [3.63, 3.8) is 0 Å². The van der Waals surface area contributed by atoms with Crippen molar-refractivity contribution in [3.8, 4) is 5.75 Å². The van der Waals surface area contributed by atoms with Crippen LogP contribution in [0.2, 0.25) is 0 Å². The predicted octanol–water partition coefficient (Wildman–Crippen LogP) is 1.12. The molecule has 1 aromatic carbocycles. The van der Waals surface area contributed by atoms with Crippen molar-refractivity contribution in [2.24, 2.45) is 0 Å². The summed E-state index contributed by atoms with van der Waals surface area (Å²) in [6.45, 7) is 3.79. The maximum Gasteiger partial charge on any atom is 0.265 e. The Hall–Kier alpha value is -2.09. The predicted molar refractivity (Wildman–Crippen MR) is 89.9 cm³/mol. The fraction of sp³-hybridized carbons (Fsp3) is 0.500. The molecule has 0 spiro atoms. The Labute approximate surface area is 141 Å². The third-order valence-electron chi connectivity index (χ3n) is 3.77. The van der Waals surface area contributed by atoms with Gasteiger partial charge in [0, 0.05) is 6.54 Å². The lowest BCUT2D eigenvalue weighted by Crippen LogP contribution is -2.45. The molecule has 0 radical (unpaired) electrons. The number of rotatable bonds is 7. The highest BCUT2D eigenvalue weighted by atomic mass is 32.2. The van der Waals surface area contributed by atoms with Crippen molar-refractivity contribution in [2.75, 3.05) is 30.3 Å². The second-order valence-electron chi connectivity index (χ2n) is 5.51. The number of nitrogens with zero attached hydrogens (tertiary/aromatic N) is 1. The number of fused-ring (bicyclic) bond motifs is 1. The molecule has 0 saturated heterocycles. The summed E-state index contributed by atoms with van der Waals surface area (Å²) in [5.41, 5.74) is 0.311. The Morgan fingerprint density at radius 3 is 2.75 bits per heavy atom. The number of nitrogens with one attached hydrogen (secondary N) is 1. The van der Waals surface area contributed by atoms with Gasteiger partial charge in [0.15, 0.2) is 16.4 Å². The first-order chi connectivity index (χ1) is 11.4. The van der Waals surface area contributed by atoms with Crippen LogP contribution in [-0.4, -0.2) is 45.7 Å². The van der Waals surface area contributed by atoms with Gasteiger partial charge in [-0.2, -0.15) is 0 Å². The first-order valence-electron chi connectivity index (χ1n) is 7.95. The lowest BCUT2D eigenvalue weighted by atomic mass is 10.2. The minimum absolute atomic E-state index is 0.0436. The van der Waals surface area contributed by atoms with Gasteiger partial charge in [-0.05, 0) is 24.6 Å². The molecular formula is C16H22N2O5S. The average Bonchev–Trinajstić information content (AvgIpc) is 2.57. The van der Waals surface area contributed by atoms with Gasteiger partial charge in [0.25, 0.3) is 5.91 Å². The monoisotopic (exact) mass is 354 g/mol. The van der Waals surface area contributed by atoms with E-state index in [4.69, 9.17) is 4.74 Å². The van der Waals surface area contributed by atoms with E-state index >= 15 is 0 Å². The number of benzene rings is 1. The topological polar surface area (TPSA) is 92.8 Å². The second kappa shape index (κ2) is 7.65. The smallest absolute Gasteiger partial charge is 0.265 e. The Bertz CT molecular complexity index is 730. The van der Waals surface area contributed by atoms with Crippen molar-refractivity contribution >= 4 is 27.3 Å². The Morgan fingerprint density at radius 2 is 2.08 bits per heavy atom. The molecule has 1 aliphatic heterocycles. The van der Waals surface area contributed by atoms with E-state index in [-0.39, 0.29) is 35.6 Å². The van der Waals surface area contributed by atoms with Crippen LogP contribution in [0.5, 0.6) is 5.75 Å². The molecule has 1 N–H and O–H groups in total. The van der Waals surface area contributed by atoms with Gasteiger partial charge in [-0.15, -0.1) is 0 Å². The normalized spacial score (nSPS) is 14.1. The summed E-state index contributed by atoms with van der Waals surface area (Å²) < 4.78 is 29.4. The summed E-state index contributed by atoms with van der Waals surface area (Å²) in [5.74, 6) is -0.309. The average molecular weight is 354 g/mol. The zero-order valence-electron chi connectivity index (χ0n) is 13.9. The van der Waals surface area contributed by atoms with Gasteiger partial charge in [-0.25, -0.2) is 8.42 Å². The van der Waals surface area contributed by atoms with Gasteiger partial charge >= 0.3 is 0 Å². The first-order valence-corrected chi connectivity index (χ1v) is 9.61. The summed E-state index contributed by atoms with van der Waals surface area (Å²) >= 11 is 0. The molecule has 24 heavy (non-hydrogen) atoms. The molecule has 1 aromatic rings. The molecule has 2 amide bonds. The standard InChI is InChI=1S/C16H22N2O5S/c1-3-5-8-17-15(19)10-18-13-9-12(24(21,22)4-2)6-7-14(13)23-11-16(18)20/h6-7,9H,3-5,8,10-11H2,1-2H3,(H,17,19). The van der Waals surface area contributed by atoms with Crippen molar-refractivity contribution in [2.45, 2.75) is 31.6 Å². The minimum atomic E-state index is -3.41. The van der Waals surface area contributed by atoms with Crippen LogP contribution in [0.15, 0.2) is 23.1 Å². The molecule has 0 aromatic heterocycles. The molecular weight excluding hydrogens is 332 g/mol. The van der Waals surface area contributed by atoms with Crippen LogP contribution in [0.1, 0.15) is 26.7 Å². The zero-order chi connectivity index (χ0) is 17.7. The summed E-state index contributed by atoms with van der Waals surface area (Å²) in [7, 11) is -3.41. The van der Waals surface area contributed by atoms with Crippen molar-refractivity contribution in [3.05, 3.63) is 18.2 Å². The van der Waals surface area contributed by atoms with Crippen LogP contribution in [0.3, 0.4) is 0 Å². The molecule has 8 heteroatoms. The first kappa shape index (κ1) is 18.3. The molecule has 0 bridgehead atoms. The minimum Gasteiger partial charge on any atom is -0.482 e. The van der Waals surface area contributed by atoms with E-state index in [2.05, 4.69) is 5.32 Å². The fourth-order valence-electron chi connectivity index (χ4n) is 2.32. The van der Waals surface area contributed by atoms with Gasteiger partial charge < -0.3 is 10.1 Å². The number of carbonyl (C=O) groups excluding carboxylic acids is 2. The number of ether oxygens (including phenoxy) is 1. The van der Waals surface area contributed by atoms with Gasteiger partial charge in [0.1, 0.15) is 12.3 Å². The third-order valence-corrected chi connectivity index (χ3v) is 5.50. The van der Waals surface area contributed by atoms with Crippen molar-refractivity contribution in [1.82, 2.24) is 5.32 Å². The van der Waals surface area contributed by atoms with E-state index in [1.54, 1.807) is 6.92 Å². The Balaban J connectivity index is 2.26. The van der Waals surface area contributed by atoms with E-state index in [9.17, 15) is 18.0 Å². The molecule has 0 saturated carbocycles. The number of hydrogen-bond donors (Lipinski definition) is 1. The zero-order valence-corrected chi connectivity index (χ0v) is 14.7. The van der Waals surface area contributed by atoms with Crippen molar-refractivity contribution in [1.29, 1.82) is 0 Å². The molecule has 132 valence electrons. The number of sulfone groups is 1. The van der Waals surface area contributed by atoms with Crippen molar-refractivity contribution < 1.29 is 22.7 Å². The van der Waals surface area contributed by atoms with E-state index in [1.807, 2.05) is 6.92 Å². The maximum absolute atomic E-state index is 12.1. The molecule has 0 aliphatic carbocycles. The van der Waals surface area contributed by atoms with E-state index in [0.717, 1.165) is 12.8 Å². The highest BCUT2D eigenvalue weighted by molar-refractivity contribution is 7.91. The van der Waals surface area contributed by atoms with E-state index in [1.165, 1.54) is 23.1 Å². The van der Waals surface area contributed by atoms with Gasteiger partial charge in [-0.3, -0.25) is 14.5 Å². The van der Waals surface area contributed by atoms with E-state index < -0.39 is 9.84 Å². The Morgan fingerprint density at radius 1 is 1.33 bits per heavy atom. The fourth-order valence-corrected chi connectivity index (χ4v) is 3.22. The molecule has 2 rings (SSSR count). The molecule has 0 fully saturated rings. The van der Waals surface area contributed by atoms with Gasteiger partial charge in [0.2, 0.25) is 5.91 Å². The van der Waals surface area contributed by atoms with Crippen LogP contribution < -0.4 is 15.0 Å². The SMILES string of the molecule is CCCCNC(=O)CN1C(=O)COc2ccc(S(=O)(=O)CC)cc21. The second-order valence-corrected chi connectivity index (χ2v) is 7.78.